The molecule has 0 radical (unpaired) electrons. The van der Waals surface area contributed by atoms with Crippen molar-refractivity contribution >= 4 is 10.2 Å². The minimum Gasteiger partial charge on any atom is -0.375 e. The zero-order chi connectivity index (χ0) is 14.0. The molecule has 0 N–H and O–H groups in total. The highest BCUT2D eigenvalue weighted by Crippen LogP contribution is 2.19. The molecule has 0 aromatic carbocycles. The molecule has 2 rings (SSSR count). The number of aromatic nitrogens is 1. The first-order valence-electron chi connectivity index (χ1n) is 6.38. The summed E-state index contributed by atoms with van der Waals surface area (Å²) in [5, 5.41) is 0. The van der Waals surface area contributed by atoms with Gasteiger partial charge in [0.25, 0.3) is 10.2 Å². The van der Waals surface area contributed by atoms with E-state index in [0.717, 1.165) is 5.69 Å². The Kier molecular flexibility index (Phi) is 4.29. The predicted octanol–water partition coefficient (Wildman–Crippen LogP) is 0.515. The first-order chi connectivity index (χ1) is 8.95. The average molecular weight is 287 g/mol. The van der Waals surface area contributed by atoms with Gasteiger partial charge in [-0.3, -0.25) is 0 Å². The molecule has 1 aliphatic rings. The Labute approximate surface area is 114 Å². The summed E-state index contributed by atoms with van der Waals surface area (Å²) >= 11 is 0. The highest BCUT2D eigenvalue weighted by Gasteiger charge is 2.31. The fraction of sp³-hybridized carbons (Fsp3) is 0.667. The topological polar surface area (TPSA) is 54.8 Å². The Morgan fingerprint density at radius 1 is 1.42 bits per heavy atom. The molecule has 0 amide bonds. The molecular weight excluding hydrogens is 266 g/mol. The van der Waals surface area contributed by atoms with Crippen molar-refractivity contribution in [2.24, 2.45) is 0 Å². The number of ether oxygens (including phenoxy) is 1. The zero-order valence-electron chi connectivity index (χ0n) is 11.6. The molecule has 1 aromatic rings. The Morgan fingerprint density at radius 2 is 2.16 bits per heavy atom. The number of hydrogen-bond acceptors (Lipinski definition) is 3. The highest BCUT2D eigenvalue weighted by molar-refractivity contribution is 7.86. The van der Waals surface area contributed by atoms with Crippen LogP contribution in [0.5, 0.6) is 0 Å². The second-order valence-corrected chi connectivity index (χ2v) is 6.95. The quantitative estimate of drug-likeness (QED) is 0.811. The van der Waals surface area contributed by atoms with Gasteiger partial charge in [-0.25, -0.2) is 0 Å². The smallest absolute Gasteiger partial charge is 0.281 e. The van der Waals surface area contributed by atoms with Crippen LogP contribution in [0.15, 0.2) is 18.3 Å². The van der Waals surface area contributed by atoms with Crippen LogP contribution >= 0.6 is 0 Å². The number of hydrogen-bond donors (Lipinski definition) is 0. The van der Waals surface area contributed by atoms with E-state index in [9.17, 15) is 8.42 Å². The van der Waals surface area contributed by atoms with Crippen molar-refractivity contribution < 1.29 is 13.2 Å². The van der Waals surface area contributed by atoms with Crippen LogP contribution in [0, 0.1) is 0 Å². The maximum absolute atomic E-state index is 12.3. The third-order valence-corrected chi connectivity index (χ3v) is 5.11. The van der Waals surface area contributed by atoms with Crippen molar-refractivity contribution in [3.63, 3.8) is 0 Å². The first-order valence-corrected chi connectivity index (χ1v) is 7.78. The maximum Gasteiger partial charge on any atom is 0.281 e. The Bertz CT molecular complexity index is 524. The molecule has 2 heterocycles. The van der Waals surface area contributed by atoms with Gasteiger partial charge < -0.3 is 9.30 Å². The lowest BCUT2D eigenvalue weighted by Crippen LogP contribution is -2.43. The van der Waals surface area contributed by atoms with E-state index in [4.69, 9.17) is 4.74 Å². The summed E-state index contributed by atoms with van der Waals surface area (Å²) in [4.78, 5) is 0. The summed E-state index contributed by atoms with van der Waals surface area (Å²) < 4.78 is 35.0. The van der Waals surface area contributed by atoms with Gasteiger partial charge in [-0.05, 0) is 19.1 Å². The van der Waals surface area contributed by atoms with Gasteiger partial charge in [0.2, 0.25) is 0 Å². The van der Waals surface area contributed by atoms with Crippen molar-refractivity contribution in [3.8, 4) is 0 Å². The lowest BCUT2D eigenvalue weighted by Gasteiger charge is -2.26. The third-order valence-electron chi connectivity index (χ3n) is 3.26. The van der Waals surface area contributed by atoms with E-state index in [-0.39, 0.29) is 6.10 Å². The van der Waals surface area contributed by atoms with Crippen molar-refractivity contribution in [1.82, 2.24) is 13.2 Å². The fourth-order valence-electron chi connectivity index (χ4n) is 2.27. The number of nitrogens with zero attached hydrogens (tertiary/aromatic N) is 3. The number of fused-ring (bicyclic) bond motifs is 1. The maximum atomic E-state index is 12.3. The number of rotatable bonds is 4. The van der Waals surface area contributed by atoms with Gasteiger partial charge in [0, 0.05) is 45.7 Å². The van der Waals surface area contributed by atoms with Crippen LogP contribution in [-0.4, -0.2) is 54.9 Å². The summed E-state index contributed by atoms with van der Waals surface area (Å²) in [6, 6.07) is 3.89. The van der Waals surface area contributed by atoms with Crippen LogP contribution in [0.25, 0.3) is 0 Å². The minimum absolute atomic E-state index is 0.117. The van der Waals surface area contributed by atoms with Gasteiger partial charge >= 0.3 is 0 Å². The van der Waals surface area contributed by atoms with Crippen LogP contribution in [0.2, 0.25) is 0 Å². The summed E-state index contributed by atoms with van der Waals surface area (Å²) in [5.41, 5.74) is 0.993. The van der Waals surface area contributed by atoms with E-state index in [2.05, 4.69) is 4.57 Å². The molecule has 1 aliphatic heterocycles. The standard InChI is InChI=1S/C12H21N3O3S/c1-4-18-12-9-14-7-5-6-11(14)8-15(10-12)19(16,17)13(2)3/h5-7,12H,4,8-10H2,1-3H3/t12-/m0/s1. The Morgan fingerprint density at radius 3 is 2.79 bits per heavy atom. The molecule has 19 heavy (non-hydrogen) atoms. The first kappa shape index (κ1) is 14.5. The molecule has 6 nitrogen and oxygen atoms in total. The van der Waals surface area contributed by atoms with Gasteiger partial charge in [0.15, 0.2) is 0 Å². The van der Waals surface area contributed by atoms with Gasteiger partial charge in [0.1, 0.15) is 0 Å². The Hall–Kier alpha value is -0.890. The van der Waals surface area contributed by atoms with Gasteiger partial charge in [0.05, 0.1) is 12.6 Å². The Balaban J connectivity index is 2.30. The van der Waals surface area contributed by atoms with E-state index in [1.807, 2.05) is 25.3 Å². The SMILES string of the molecule is CCO[C@@H]1CN(S(=O)(=O)N(C)C)Cc2cccn2C1. The molecule has 0 saturated heterocycles. The van der Waals surface area contributed by atoms with Crippen LogP contribution in [-0.2, 0) is 28.0 Å². The largest absolute Gasteiger partial charge is 0.375 e. The van der Waals surface area contributed by atoms with E-state index in [0.29, 0.717) is 26.2 Å². The zero-order valence-corrected chi connectivity index (χ0v) is 12.4. The summed E-state index contributed by atoms with van der Waals surface area (Å²) in [5.74, 6) is 0. The van der Waals surface area contributed by atoms with Gasteiger partial charge in [-0.15, -0.1) is 0 Å². The van der Waals surface area contributed by atoms with Crippen LogP contribution in [0.1, 0.15) is 12.6 Å². The van der Waals surface area contributed by atoms with E-state index in [1.165, 1.54) is 8.61 Å². The van der Waals surface area contributed by atoms with Crippen molar-refractivity contribution in [2.75, 3.05) is 27.2 Å². The summed E-state index contributed by atoms with van der Waals surface area (Å²) in [6.07, 6.45) is 1.85. The second kappa shape index (κ2) is 5.62. The van der Waals surface area contributed by atoms with Crippen LogP contribution in [0.4, 0.5) is 0 Å². The molecule has 1 aromatic heterocycles. The lowest BCUT2D eigenvalue weighted by atomic mass is 10.3. The van der Waals surface area contributed by atoms with Crippen LogP contribution in [0.3, 0.4) is 0 Å². The van der Waals surface area contributed by atoms with E-state index in [1.54, 1.807) is 14.1 Å². The molecule has 1 atom stereocenters. The molecule has 0 saturated carbocycles. The summed E-state index contributed by atoms with van der Waals surface area (Å²) in [7, 11) is -0.321. The van der Waals surface area contributed by atoms with Gasteiger partial charge in [-0.1, -0.05) is 0 Å². The molecule has 0 fully saturated rings. The molecular formula is C12H21N3O3S. The lowest BCUT2D eigenvalue weighted by molar-refractivity contribution is 0.0418. The monoisotopic (exact) mass is 287 g/mol. The van der Waals surface area contributed by atoms with Crippen molar-refractivity contribution in [2.45, 2.75) is 26.1 Å². The molecule has 0 spiro atoms. The minimum atomic E-state index is -3.42. The molecule has 7 heteroatoms. The summed E-state index contributed by atoms with van der Waals surface area (Å²) in [6.45, 7) is 3.96. The van der Waals surface area contributed by atoms with Crippen molar-refractivity contribution in [3.05, 3.63) is 24.0 Å². The molecule has 0 unspecified atom stereocenters. The van der Waals surface area contributed by atoms with E-state index < -0.39 is 10.2 Å². The van der Waals surface area contributed by atoms with E-state index >= 15 is 0 Å². The normalized spacial score (nSPS) is 21.4. The third kappa shape index (κ3) is 3.00. The predicted molar refractivity (Wildman–Crippen MR) is 72.9 cm³/mol. The molecule has 108 valence electrons. The fourth-order valence-corrected chi connectivity index (χ4v) is 3.38. The second-order valence-electron chi connectivity index (χ2n) is 4.81. The molecule has 0 aliphatic carbocycles. The highest BCUT2D eigenvalue weighted by atomic mass is 32.2. The van der Waals surface area contributed by atoms with Crippen LogP contribution < -0.4 is 0 Å². The van der Waals surface area contributed by atoms with Crippen molar-refractivity contribution in [1.29, 1.82) is 0 Å². The molecule has 0 bridgehead atoms. The van der Waals surface area contributed by atoms with Gasteiger partial charge in [-0.2, -0.15) is 17.0 Å². The average Bonchev–Trinajstić information content (AvgIpc) is 2.68.